The van der Waals surface area contributed by atoms with Gasteiger partial charge in [0.15, 0.2) is 0 Å². The smallest absolute Gasteiger partial charge is 2.00 e. The molecule has 0 unspecified atom stereocenters. The Balaban J connectivity index is 0. The first-order chi connectivity index (χ1) is 5.97. The molecule has 8 heteroatoms. The van der Waals surface area contributed by atoms with E-state index in [0.717, 1.165) is 29.8 Å². The summed E-state index contributed by atoms with van der Waals surface area (Å²) in [7, 11) is -6.17. The Morgan fingerprint density at radius 1 is 0.500 bits per heavy atom. The van der Waals surface area contributed by atoms with E-state index in [0.29, 0.717) is 0 Å². The Morgan fingerprint density at radius 3 is 0.643 bits per heavy atom. The van der Waals surface area contributed by atoms with Crippen LogP contribution in [0.2, 0.25) is 0 Å². The van der Waals surface area contributed by atoms with Crippen LogP contribution in [0.3, 0.4) is 0 Å². The minimum atomic E-state index is -6.17. The quantitative estimate of drug-likeness (QED) is 0.574. The van der Waals surface area contributed by atoms with Crippen molar-refractivity contribution in [2.75, 3.05) is 0 Å². The number of hydrogen-bond acceptors (Lipinski definition) is 6. The molecule has 0 saturated heterocycles. The second-order valence-electron chi connectivity index (χ2n) is 1.80. The molecular formula is C6FeN6Zn. The summed E-state index contributed by atoms with van der Waals surface area (Å²) in [6.45, 7) is 0. The van der Waals surface area contributed by atoms with Crippen LogP contribution in [0.25, 0.3) is 0 Å². The van der Waals surface area contributed by atoms with Gasteiger partial charge >= 0.3 is 91.6 Å². The molecule has 0 aliphatic rings. The molecule has 0 bridgehead atoms. The van der Waals surface area contributed by atoms with Crippen molar-refractivity contribution in [1.82, 2.24) is 0 Å². The van der Waals surface area contributed by atoms with Gasteiger partial charge in [-0.25, -0.2) is 0 Å². The summed E-state index contributed by atoms with van der Waals surface area (Å²) in [6.07, 6.45) is 0. The SMILES string of the molecule is N#[C][Fe-2]([C]#N)([C]#N)([C]#N)([C]#N)[C]#N.[Zn+2]. The fourth-order valence-corrected chi connectivity index (χ4v) is 1.09. The van der Waals surface area contributed by atoms with Gasteiger partial charge in [0.05, 0.1) is 0 Å². The molecule has 14 heavy (non-hydrogen) atoms. The van der Waals surface area contributed by atoms with Crippen LogP contribution in [0.4, 0.5) is 0 Å². The predicted octanol–water partition coefficient (Wildman–Crippen LogP) is 0.0957. The van der Waals surface area contributed by atoms with Gasteiger partial charge in [0.2, 0.25) is 0 Å². The van der Waals surface area contributed by atoms with Gasteiger partial charge in [-0.15, -0.1) is 0 Å². The van der Waals surface area contributed by atoms with Gasteiger partial charge in [-0.1, -0.05) is 0 Å². The van der Waals surface area contributed by atoms with Gasteiger partial charge in [0.25, 0.3) is 0 Å². The summed E-state index contributed by atoms with van der Waals surface area (Å²) < 4.78 is 0. The number of hydrogen-bond donors (Lipinski definition) is 0. The molecule has 0 spiro atoms. The third-order valence-electron chi connectivity index (χ3n) is 1.19. The maximum Gasteiger partial charge on any atom is 2.00 e. The molecule has 0 rings (SSSR count). The Bertz CT molecular complexity index is 392. The van der Waals surface area contributed by atoms with E-state index in [1.54, 1.807) is 0 Å². The minimum absolute atomic E-state index is 0. The van der Waals surface area contributed by atoms with E-state index in [-0.39, 0.29) is 19.5 Å². The molecule has 64 valence electrons. The summed E-state index contributed by atoms with van der Waals surface area (Å²) in [5, 5.41) is 51.5. The van der Waals surface area contributed by atoms with Crippen LogP contribution in [0, 0.1) is 61.4 Å². The van der Waals surface area contributed by atoms with E-state index in [2.05, 4.69) is 0 Å². The van der Waals surface area contributed by atoms with Crippen molar-refractivity contribution in [2.24, 2.45) is 0 Å². The van der Waals surface area contributed by atoms with Crippen molar-refractivity contribution in [2.45, 2.75) is 0 Å². The van der Waals surface area contributed by atoms with Crippen LogP contribution in [0.15, 0.2) is 0 Å². The van der Waals surface area contributed by atoms with Gasteiger partial charge in [0.1, 0.15) is 0 Å². The normalized spacial score (nSPS) is 12.4. The standard InChI is InChI=1S/6CN.Fe.Zn/c6*1-2;;/q;;;;;;-2;+2. The van der Waals surface area contributed by atoms with Gasteiger partial charge < -0.3 is 0 Å². The van der Waals surface area contributed by atoms with Gasteiger partial charge in [-0.3, -0.25) is 0 Å². The Labute approximate surface area is 91.5 Å². The van der Waals surface area contributed by atoms with Crippen molar-refractivity contribution in [1.29, 1.82) is 31.6 Å². The van der Waals surface area contributed by atoms with Crippen molar-refractivity contribution >= 4 is 0 Å². The van der Waals surface area contributed by atoms with E-state index >= 15 is 0 Å². The van der Waals surface area contributed by atoms with E-state index in [1.807, 2.05) is 0 Å². The first-order valence-electron chi connectivity index (χ1n) is 2.40. The zero-order valence-corrected chi connectivity index (χ0v) is 10.8. The second kappa shape index (κ2) is 3.09. The third-order valence-corrected chi connectivity index (χ3v) is 4.89. The third kappa shape index (κ3) is 1.05. The molecule has 0 fully saturated rings. The number of nitrogens with zero attached hydrogens (tertiary/aromatic N) is 6. The molecule has 0 atom stereocenters. The average Bonchev–Trinajstić information content (AvgIpc) is 2.26. The van der Waals surface area contributed by atoms with Crippen LogP contribution in [0.5, 0.6) is 0 Å². The molecule has 0 aromatic carbocycles. The van der Waals surface area contributed by atoms with E-state index < -0.39 is 10.7 Å². The van der Waals surface area contributed by atoms with Crippen molar-refractivity contribution < 1.29 is 30.2 Å². The maximum absolute atomic E-state index is 8.58. The molecular weight excluding hydrogens is 277 g/mol. The Kier molecular flexibility index (Phi) is 3.23. The minimum Gasteiger partial charge on any atom is 2.00 e. The summed E-state index contributed by atoms with van der Waals surface area (Å²) >= 11 is 0. The average molecular weight is 277 g/mol. The first kappa shape index (κ1) is 14.6. The van der Waals surface area contributed by atoms with Crippen LogP contribution >= 0.6 is 0 Å². The van der Waals surface area contributed by atoms with Gasteiger partial charge in [-0.05, 0) is 0 Å². The molecule has 0 radical (unpaired) electrons. The molecule has 0 amide bonds. The maximum atomic E-state index is 8.58. The zero-order valence-electron chi connectivity index (χ0n) is 6.74. The zero-order chi connectivity index (χ0) is 10.7. The van der Waals surface area contributed by atoms with Gasteiger partial charge in [-0.2, -0.15) is 0 Å². The monoisotopic (exact) mass is 276 g/mol. The molecule has 0 aromatic rings. The van der Waals surface area contributed by atoms with Crippen molar-refractivity contribution in [3.8, 4) is 29.8 Å². The van der Waals surface area contributed by atoms with Crippen LogP contribution in [-0.4, -0.2) is 0 Å². The van der Waals surface area contributed by atoms with E-state index in [1.165, 1.54) is 0 Å². The predicted molar refractivity (Wildman–Crippen MR) is 33.7 cm³/mol. The van der Waals surface area contributed by atoms with Crippen LogP contribution < -0.4 is 0 Å². The van der Waals surface area contributed by atoms with E-state index in [4.69, 9.17) is 31.6 Å². The summed E-state index contributed by atoms with van der Waals surface area (Å²) in [6, 6.07) is 0. The van der Waals surface area contributed by atoms with Gasteiger partial charge in [0, 0.05) is 0 Å². The molecule has 0 aromatic heterocycles. The Morgan fingerprint density at radius 2 is 0.643 bits per heavy atom. The topological polar surface area (TPSA) is 143 Å². The molecule has 0 aliphatic carbocycles. The Hall–Kier alpha value is -1.92. The molecule has 0 N–H and O–H groups in total. The second-order valence-corrected chi connectivity index (χ2v) is 7.42. The summed E-state index contributed by atoms with van der Waals surface area (Å²) in [5.41, 5.74) is 0. The summed E-state index contributed by atoms with van der Waals surface area (Å²) in [5.74, 6) is 0. The fourth-order valence-electron chi connectivity index (χ4n) is 0.265. The van der Waals surface area contributed by atoms with Crippen LogP contribution in [-0.2, 0) is 30.2 Å². The molecule has 6 nitrogen and oxygen atoms in total. The van der Waals surface area contributed by atoms with Crippen LogP contribution in [0.1, 0.15) is 0 Å². The fraction of sp³-hybridized carbons (Fsp3) is 0. The molecule has 0 saturated carbocycles. The van der Waals surface area contributed by atoms with Crippen molar-refractivity contribution in [3.63, 3.8) is 0 Å². The largest absolute Gasteiger partial charge is 2.00 e. The van der Waals surface area contributed by atoms with E-state index in [9.17, 15) is 0 Å². The molecule has 0 heterocycles. The number of rotatable bonds is 0. The van der Waals surface area contributed by atoms with Crippen molar-refractivity contribution in [3.05, 3.63) is 0 Å². The number of nitriles is 6. The molecule has 0 aliphatic heterocycles. The first-order valence-corrected chi connectivity index (χ1v) is 5.71. The summed E-state index contributed by atoms with van der Waals surface area (Å²) in [4.78, 5) is 6.19.